The molecule has 1 aromatic rings. The summed E-state index contributed by atoms with van der Waals surface area (Å²) in [6.45, 7) is 10.9. The molecule has 1 aliphatic rings. The molecule has 108 valence electrons. The van der Waals surface area contributed by atoms with E-state index in [-0.39, 0.29) is 0 Å². The van der Waals surface area contributed by atoms with Gasteiger partial charge in [0.2, 0.25) is 0 Å². The van der Waals surface area contributed by atoms with Crippen LogP contribution in [0.15, 0.2) is 0 Å². The third-order valence-corrected chi connectivity index (χ3v) is 3.81. The van der Waals surface area contributed by atoms with Crippen molar-refractivity contribution < 1.29 is 0 Å². The van der Waals surface area contributed by atoms with Gasteiger partial charge in [-0.2, -0.15) is 0 Å². The number of aryl methyl sites for hydroxylation is 1. The largest absolute Gasteiger partial charge is 0.314 e. The molecule has 0 unspecified atom stereocenters. The van der Waals surface area contributed by atoms with Gasteiger partial charge in [0.05, 0.1) is 6.54 Å². The van der Waals surface area contributed by atoms with Gasteiger partial charge >= 0.3 is 0 Å². The first kappa shape index (κ1) is 14.5. The normalized spacial score (nSPS) is 14.9. The molecule has 0 aliphatic carbocycles. The number of hydrogen-bond donors (Lipinski definition) is 1. The van der Waals surface area contributed by atoms with Crippen LogP contribution < -0.4 is 5.32 Å². The minimum absolute atomic E-state index is 0.844. The Morgan fingerprint density at radius 3 is 2.89 bits per heavy atom. The van der Waals surface area contributed by atoms with Crippen LogP contribution in [0.4, 0.5) is 0 Å². The van der Waals surface area contributed by atoms with Crippen LogP contribution in [0.5, 0.6) is 0 Å². The molecule has 0 bridgehead atoms. The van der Waals surface area contributed by atoms with Crippen LogP contribution in [-0.2, 0) is 19.5 Å². The molecule has 0 radical (unpaired) electrons. The van der Waals surface area contributed by atoms with Gasteiger partial charge in [0.1, 0.15) is 11.6 Å². The zero-order valence-electron chi connectivity index (χ0n) is 12.4. The summed E-state index contributed by atoms with van der Waals surface area (Å²) in [4.78, 5) is 2.48. The maximum absolute atomic E-state index is 4.31. The molecule has 1 aliphatic heterocycles. The Morgan fingerprint density at radius 2 is 2.11 bits per heavy atom. The molecule has 0 atom stereocenters. The molecule has 0 amide bonds. The zero-order chi connectivity index (χ0) is 13.5. The highest BCUT2D eigenvalue weighted by Gasteiger charge is 2.14. The molecule has 2 rings (SSSR count). The molecule has 0 aromatic carbocycles. The number of likely N-dealkylation sites (N-methyl/N-ethyl adjacent to an activating group) is 1. The summed E-state index contributed by atoms with van der Waals surface area (Å²) in [5, 5.41) is 12.1. The van der Waals surface area contributed by atoms with Crippen molar-refractivity contribution in [1.82, 2.24) is 25.0 Å². The monoisotopic (exact) mass is 265 g/mol. The highest BCUT2D eigenvalue weighted by Crippen LogP contribution is 2.13. The number of fused-ring (bicyclic) bond motifs is 1. The van der Waals surface area contributed by atoms with Gasteiger partial charge in [-0.1, -0.05) is 13.8 Å². The van der Waals surface area contributed by atoms with E-state index in [1.165, 1.54) is 31.6 Å². The highest BCUT2D eigenvalue weighted by atomic mass is 15.3. The fraction of sp³-hybridized carbons (Fsp3) is 0.857. The predicted molar refractivity (Wildman–Crippen MR) is 77.1 cm³/mol. The average molecular weight is 265 g/mol. The van der Waals surface area contributed by atoms with Gasteiger partial charge < -0.3 is 14.8 Å². The van der Waals surface area contributed by atoms with Gasteiger partial charge in [-0.15, -0.1) is 10.2 Å². The van der Waals surface area contributed by atoms with E-state index in [1.54, 1.807) is 0 Å². The van der Waals surface area contributed by atoms with Crippen molar-refractivity contribution >= 4 is 0 Å². The lowest BCUT2D eigenvalue weighted by Gasteiger charge is -2.19. The molecule has 5 nitrogen and oxygen atoms in total. The third kappa shape index (κ3) is 4.01. The average Bonchev–Trinajstić information content (AvgIpc) is 2.85. The Hall–Kier alpha value is -0.940. The van der Waals surface area contributed by atoms with Gasteiger partial charge in [0.15, 0.2) is 0 Å². The Morgan fingerprint density at radius 1 is 1.21 bits per heavy atom. The SMILES string of the molecule is CCCN(CC)CCNCc1nnc2n1CCCC2. The minimum atomic E-state index is 0.844. The van der Waals surface area contributed by atoms with Crippen LogP contribution >= 0.6 is 0 Å². The molecule has 1 aromatic heterocycles. The molecule has 0 fully saturated rings. The van der Waals surface area contributed by atoms with E-state index in [1.807, 2.05) is 0 Å². The lowest BCUT2D eigenvalue weighted by atomic mass is 10.2. The molecule has 19 heavy (non-hydrogen) atoms. The number of rotatable bonds is 8. The number of nitrogens with zero attached hydrogens (tertiary/aromatic N) is 4. The second-order valence-electron chi connectivity index (χ2n) is 5.25. The van der Waals surface area contributed by atoms with Crippen molar-refractivity contribution in [3.63, 3.8) is 0 Å². The molecule has 0 saturated carbocycles. The topological polar surface area (TPSA) is 46.0 Å². The lowest BCUT2D eigenvalue weighted by Crippen LogP contribution is -2.33. The molecule has 0 saturated heterocycles. The van der Waals surface area contributed by atoms with Crippen LogP contribution in [-0.4, -0.2) is 45.8 Å². The summed E-state index contributed by atoms with van der Waals surface area (Å²) < 4.78 is 2.29. The maximum atomic E-state index is 4.31. The van der Waals surface area contributed by atoms with E-state index in [0.717, 1.165) is 45.0 Å². The molecular weight excluding hydrogens is 238 g/mol. The first-order valence-corrected chi connectivity index (χ1v) is 7.69. The smallest absolute Gasteiger partial charge is 0.147 e. The van der Waals surface area contributed by atoms with Crippen molar-refractivity contribution in [1.29, 1.82) is 0 Å². The maximum Gasteiger partial charge on any atom is 0.147 e. The molecule has 2 heterocycles. The van der Waals surface area contributed by atoms with Gasteiger partial charge in [-0.3, -0.25) is 0 Å². The standard InChI is InChI=1S/C14H27N5/c1-3-9-18(4-2)11-8-15-12-14-17-16-13-7-5-6-10-19(13)14/h15H,3-12H2,1-2H3. The van der Waals surface area contributed by atoms with Crippen molar-refractivity contribution in [2.45, 2.75) is 52.6 Å². The second-order valence-corrected chi connectivity index (χ2v) is 5.25. The van der Waals surface area contributed by atoms with E-state index in [4.69, 9.17) is 0 Å². The van der Waals surface area contributed by atoms with Gasteiger partial charge in [-0.05, 0) is 32.4 Å². The van der Waals surface area contributed by atoms with E-state index >= 15 is 0 Å². The van der Waals surface area contributed by atoms with Crippen LogP contribution in [0.3, 0.4) is 0 Å². The van der Waals surface area contributed by atoms with Crippen LogP contribution in [0.1, 0.15) is 44.8 Å². The summed E-state index contributed by atoms with van der Waals surface area (Å²) in [5.74, 6) is 2.28. The summed E-state index contributed by atoms with van der Waals surface area (Å²) in [7, 11) is 0. The van der Waals surface area contributed by atoms with E-state index < -0.39 is 0 Å². The first-order valence-electron chi connectivity index (χ1n) is 7.69. The Balaban J connectivity index is 1.72. The minimum Gasteiger partial charge on any atom is -0.314 e. The number of aromatic nitrogens is 3. The van der Waals surface area contributed by atoms with Crippen LogP contribution in [0.25, 0.3) is 0 Å². The molecule has 0 spiro atoms. The number of hydrogen-bond acceptors (Lipinski definition) is 4. The van der Waals surface area contributed by atoms with Crippen molar-refractivity contribution in [3.8, 4) is 0 Å². The van der Waals surface area contributed by atoms with Crippen LogP contribution in [0.2, 0.25) is 0 Å². The number of nitrogens with one attached hydrogen (secondary N) is 1. The first-order chi connectivity index (χ1) is 9.35. The van der Waals surface area contributed by atoms with Gasteiger partial charge in [-0.25, -0.2) is 0 Å². The van der Waals surface area contributed by atoms with Crippen molar-refractivity contribution in [2.75, 3.05) is 26.2 Å². The lowest BCUT2D eigenvalue weighted by molar-refractivity contribution is 0.287. The summed E-state index contributed by atoms with van der Waals surface area (Å²) in [6.07, 6.45) is 4.84. The van der Waals surface area contributed by atoms with E-state index in [2.05, 4.69) is 38.8 Å². The van der Waals surface area contributed by atoms with E-state index in [0.29, 0.717) is 0 Å². The van der Waals surface area contributed by atoms with Crippen molar-refractivity contribution in [3.05, 3.63) is 11.6 Å². The van der Waals surface area contributed by atoms with Crippen molar-refractivity contribution in [2.24, 2.45) is 0 Å². The third-order valence-electron chi connectivity index (χ3n) is 3.81. The van der Waals surface area contributed by atoms with Gasteiger partial charge in [0, 0.05) is 26.1 Å². The summed E-state index contributed by atoms with van der Waals surface area (Å²) in [5.41, 5.74) is 0. The second kappa shape index (κ2) is 7.60. The highest BCUT2D eigenvalue weighted by molar-refractivity contribution is 4.98. The molecule has 5 heteroatoms. The Kier molecular flexibility index (Phi) is 5.79. The Labute approximate surface area is 116 Å². The zero-order valence-corrected chi connectivity index (χ0v) is 12.4. The molecular formula is C14H27N5. The molecule has 1 N–H and O–H groups in total. The quantitative estimate of drug-likeness (QED) is 0.722. The fourth-order valence-corrected chi connectivity index (χ4v) is 2.68. The Bertz CT molecular complexity index is 374. The summed E-state index contributed by atoms with van der Waals surface area (Å²) >= 11 is 0. The van der Waals surface area contributed by atoms with E-state index in [9.17, 15) is 0 Å². The van der Waals surface area contributed by atoms with Crippen LogP contribution in [0, 0.1) is 0 Å². The summed E-state index contributed by atoms with van der Waals surface area (Å²) in [6, 6.07) is 0. The van der Waals surface area contributed by atoms with Gasteiger partial charge in [0.25, 0.3) is 0 Å². The fourth-order valence-electron chi connectivity index (χ4n) is 2.68. The predicted octanol–water partition coefficient (Wildman–Crippen LogP) is 1.44.